The lowest BCUT2D eigenvalue weighted by Gasteiger charge is -2.31. The molecule has 4 nitrogen and oxygen atoms in total. The molecular formula is C18H21ClNO3+. The molecule has 0 bridgehead atoms. The maximum absolute atomic E-state index is 12.1. The Morgan fingerprint density at radius 2 is 1.96 bits per heavy atom. The summed E-state index contributed by atoms with van der Waals surface area (Å²) >= 11 is 6.44. The molecular weight excluding hydrogens is 314 g/mol. The molecule has 122 valence electrons. The summed E-state index contributed by atoms with van der Waals surface area (Å²) in [6.45, 7) is 5.18. The summed E-state index contributed by atoms with van der Waals surface area (Å²) in [4.78, 5) is 13.5. The van der Waals surface area contributed by atoms with Gasteiger partial charge in [-0.3, -0.25) is 4.90 Å². The summed E-state index contributed by atoms with van der Waals surface area (Å²) in [5.74, 6) is 0.687. The summed E-state index contributed by atoms with van der Waals surface area (Å²) < 4.78 is 11.6. The number of hydrogen-bond donors (Lipinski definition) is 1. The van der Waals surface area contributed by atoms with Crippen LogP contribution in [0, 0.1) is 13.8 Å². The highest BCUT2D eigenvalue weighted by atomic mass is 35.5. The van der Waals surface area contributed by atoms with Crippen molar-refractivity contribution in [1.82, 2.24) is 0 Å². The van der Waals surface area contributed by atoms with Crippen molar-refractivity contribution in [2.24, 2.45) is 0 Å². The van der Waals surface area contributed by atoms with Crippen molar-refractivity contribution in [3.8, 4) is 5.75 Å². The smallest absolute Gasteiger partial charge is 0.339 e. The zero-order valence-electron chi connectivity index (χ0n) is 13.5. The number of benzene rings is 1. The molecule has 1 fully saturated rings. The molecule has 1 aromatic heterocycles. The van der Waals surface area contributed by atoms with E-state index in [2.05, 4.69) is 0 Å². The van der Waals surface area contributed by atoms with Gasteiger partial charge >= 0.3 is 5.63 Å². The summed E-state index contributed by atoms with van der Waals surface area (Å²) in [6, 6.07) is 2.50. The Morgan fingerprint density at radius 3 is 2.70 bits per heavy atom. The molecule has 4 rings (SSSR count). The fraction of sp³-hybridized carbons (Fsp3) is 0.500. The second-order valence-electron chi connectivity index (χ2n) is 6.79. The zero-order chi connectivity index (χ0) is 16.1. The average molecular weight is 335 g/mol. The summed E-state index contributed by atoms with van der Waals surface area (Å²) in [7, 11) is 0. The van der Waals surface area contributed by atoms with E-state index in [1.807, 2.05) is 13.0 Å². The number of quaternary nitrogens is 1. The Labute approximate surface area is 140 Å². The summed E-state index contributed by atoms with van der Waals surface area (Å²) in [5, 5.41) is 1.52. The zero-order valence-corrected chi connectivity index (χ0v) is 14.3. The normalized spacial score (nSPS) is 21.4. The molecule has 5 heteroatoms. The largest absolute Gasteiger partial charge is 0.443 e. The van der Waals surface area contributed by atoms with Gasteiger partial charge in [-0.15, -0.1) is 0 Å². The van der Waals surface area contributed by atoms with E-state index >= 15 is 0 Å². The van der Waals surface area contributed by atoms with Gasteiger partial charge in [0.05, 0.1) is 16.6 Å². The number of nitrogens with one attached hydrogen (secondary N) is 1. The number of rotatable bonds is 1. The summed E-state index contributed by atoms with van der Waals surface area (Å²) in [5.41, 5.74) is 2.90. The van der Waals surface area contributed by atoms with Crippen molar-refractivity contribution in [1.29, 1.82) is 0 Å². The second-order valence-corrected chi connectivity index (χ2v) is 7.19. The Morgan fingerprint density at radius 1 is 1.22 bits per heavy atom. The van der Waals surface area contributed by atoms with E-state index in [1.54, 1.807) is 6.92 Å². The van der Waals surface area contributed by atoms with E-state index in [1.165, 1.54) is 30.6 Å². The van der Waals surface area contributed by atoms with E-state index in [4.69, 9.17) is 20.8 Å². The molecule has 2 aliphatic rings. The average Bonchev–Trinajstić information content (AvgIpc) is 3.08. The van der Waals surface area contributed by atoms with Crippen LogP contribution >= 0.6 is 11.6 Å². The van der Waals surface area contributed by atoms with Crippen molar-refractivity contribution in [3.05, 3.63) is 38.2 Å². The van der Waals surface area contributed by atoms with Crippen LogP contribution in [0.2, 0.25) is 5.02 Å². The Kier molecular flexibility index (Phi) is 3.62. The van der Waals surface area contributed by atoms with E-state index in [0.29, 0.717) is 34.7 Å². The Hall–Kier alpha value is -1.52. The van der Waals surface area contributed by atoms with Gasteiger partial charge in [0.2, 0.25) is 6.73 Å². The van der Waals surface area contributed by atoms with E-state index in [0.717, 1.165) is 23.1 Å². The van der Waals surface area contributed by atoms with Crippen LogP contribution in [-0.2, 0) is 6.54 Å². The topological polar surface area (TPSA) is 43.9 Å². The molecule has 2 aromatic rings. The standard InChI is InChI=1S/C18H20ClNO3/c1-10-11(2)18(21)23-16-13(10)7-15(19)17-14(16)8-20(9-22-17)12-5-3-4-6-12/h7,12H,3-6,8-9H2,1-2H3/p+1. The monoisotopic (exact) mass is 334 g/mol. The lowest BCUT2D eigenvalue weighted by atomic mass is 10.0. The van der Waals surface area contributed by atoms with E-state index < -0.39 is 0 Å². The molecule has 0 spiro atoms. The van der Waals surface area contributed by atoms with Gasteiger partial charge in [-0.2, -0.15) is 0 Å². The third kappa shape index (κ3) is 2.36. The number of halogens is 1. The highest BCUT2D eigenvalue weighted by molar-refractivity contribution is 6.33. The van der Waals surface area contributed by atoms with Crippen LogP contribution in [0.25, 0.3) is 11.0 Å². The third-order valence-electron chi connectivity index (χ3n) is 5.49. The number of fused-ring (bicyclic) bond motifs is 3. The van der Waals surface area contributed by atoms with Crippen LogP contribution in [0.5, 0.6) is 5.75 Å². The maximum Gasteiger partial charge on any atom is 0.339 e. The van der Waals surface area contributed by atoms with Gasteiger partial charge in [0.25, 0.3) is 0 Å². The third-order valence-corrected chi connectivity index (χ3v) is 5.77. The molecule has 23 heavy (non-hydrogen) atoms. The van der Waals surface area contributed by atoms with Crippen LogP contribution in [0.4, 0.5) is 0 Å². The highest BCUT2D eigenvalue weighted by Crippen LogP contribution is 2.37. The first-order valence-electron chi connectivity index (χ1n) is 8.29. The fourth-order valence-electron chi connectivity index (χ4n) is 3.94. The molecule has 1 atom stereocenters. The molecule has 1 N–H and O–H groups in total. The fourth-order valence-corrected chi connectivity index (χ4v) is 4.22. The van der Waals surface area contributed by atoms with Gasteiger partial charge < -0.3 is 9.15 Å². The molecule has 0 saturated heterocycles. The quantitative estimate of drug-likeness (QED) is 0.816. The number of ether oxygens (including phenoxy) is 1. The molecule has 0 radical (unpaired) electrons. The van der Waals surface area contributed by atoms with Gasteiger partial charge in [0, 0.05) is 10.9 Å². The molecule has 1 aliphatic heterocycles. The first-order valence-corrected chi connectivity index (χ1v) is 8.67. The van der Waals surface area contributed by atoms with Crippen molar-refractivity contribution < 1.29 is 14.1 Å². The number of hydrogen-bond acceptors (Lipinski definition) is 3. The van der Waals surface area contributed by atoms with Crippen LogP contribution in [0.15, 0.2) is 15.3 Å². The predicted molar refractivity (Wildman–Crippen MR) is 89.4 cm³/mol. The molecule has 1 saturated carbocycles. The predicted octanol–water partition coefficient (Wildman–Crippen LogP) is 2.74. The SMILES string of the molecule is Cc1c(C)c2cc(Cl)c3c(c2oc1=O)C[NH+](C1CCCC1)CO3. The minimum atomic E-state index is -0.271. The van der Waals surface area contributed by atoms with E-state index in [9.17, 15) is 4.79 Å². The van der Waals surface area contributed by atoms with Crippen molar-refractivity contribution in [3.63, 3.8) is 0 Å². The molecule has 2 heterocycles. The van der Waals surface area contributed by atoms with Gasteiger partial charge in [0.1, 0.15) is 6.54 Å². The van der Waals surface area contributed by atoms with Crippen molar-refractivity contribution >= 4 is 22.6 Å². The van der Waals surface area contributed by atoms with Crippen molar-refractivity contribution in [2.75, 3.05) is 6.73 Å². The first kappa shape index (κ1) is 15.0. The summed E-state index contributed by atoms with van der Waals surface area (Å²) in [6.07, 6.45) is 5.08. The van der Waals surface area contributed by atoms with Crippen LogP contribution in [0.3, 0.4) is 0 Å². The van der Waals surface area contributed by atoms with Crippen LogP contribution in [0.1, 0.15) is 42.4 Å². The van der Waals surface area contributed by atoms with Gasteiger partial charge in [-0.1, -0.05) is 11.6 Å². The van der Waals surface area contributed by atoms with E-state index in [-0.39, 0.29) is 5.63 Å². The van der Waals surface area contributed by atoms with Gasteiger partial charge in [-0.25, -0.2) is 4.79 Å². The Balaban J connectivity index is 1.88. The minimum absolute atomic E-state index is 0.271. The molecule has 1 aliphatic carbocycles. The molecule has 1 unspecified atom stereocenters. The maximum atomic E-state index is 12.1. The van der Waals surface area contributed by atoms with Gasteiger partial charge in [-0.05, 0) is 51.2 Å². The second kappa shape index (κ2) is 5.53. The van der Waals surface area contributed by atoms with Crippen LogP contribution < -0.4 is 15.3 Å². The first-order chi connectivity index (χ1) is 11.1. The molecule has 0 amide bonds. The van der Waals surface area contributed by atoms with Gasteiger partial charge in [0.15, 0.2) is 11.3 Å². The highest BCUT2D eigenvalue weighted by Gasteiger charge is 2.33. The minimum Gasteiger partial charge on any atom is -0.443 e. The number of aryl methyl sites for hydroxylation is 1. The van der Waals surface area contributed by atoms with Crippen LogP contribution in [-0.4, -0.2) is 12.8 Å². The van der Waals surface area contributed by atoms with Crippen molar-refractivity contribution in [2.45, 2.75) is 52.1 Å². The Bertz CT molecular complexity index is 837. The lowest BCUT2D eigenvalue weighted by Crippen LogP contribution is -3.15. The lowest BCUT2D eigenvalue weighted by molar-refractivity contribution is -0.955. The molecule has 1 aromatic carbocycles.